The van der Waals surface area contributed by atoms with Crippen molar-refractivity contribution in [1.82, 2.24) is 9.62 Å². The number of halogens is 1. The van der Waals surface area contributed by atoms with Gasteiger partial charge < -0.3 is 9.80 Å². The van der Waals surface area contributed by atoms with Crippen molar-refractivity contribution in [2.75, 3.05) is 44.7 Å². The molecule has 5 nitrogen and oxygen atoms in total. The van der Waals surface area contributed by atoms with Gasteiger partial charge in [0.1, 0.15) is 0 Å². The zero-order valence-electron chi connectivity index (χ0n) is 15.6. The second-order valence-corrected chi connectivity index (χ2v) is 9.12. The number of rotatable bonds is 7. The average Bonchev–Trinajstić information content (AvgIpc) is 2.67. The molecule has 2 aromatic carbocycles. The minimum Gasteiger partial charge on any atom is -0.369 e. The van der Waals surface area contributed by atoms with Crippen molar-refractivity contribution in [3.05, 3.63) is 59.1 Å². The molecule has 27 heavy (non-hydrogen) atoms. The summed E-state index contributed by atoms with van der Waals surface area (Å²) < 4.78 is 27.1. The van der Waals surface area contributed by atoms with Crippen LogP contribution in [-0.4, -0.2) is 53.1 Å². The average molecular weight is 408 g/mol. The molecular weight excluding hydrogens is 382 g/mol. The van der Waals surface area contributed by atoms with Gasteiger partial charge in [0.05, 0.1) is 4.90 Å². The molecule has 0 aromatic heterocycles. The topological polar surface area (TPSA) is 52.6 Å². The zero-order chi connectivity index (χ0) is 19.3. The van der Waals surface area contributed by atoms with Crippen LogP contribution >= 0.6 is 11.6 Å². The summed E-state index contributed by atoms with van der Waals surface area (Å²) in [5, 5.41) is 0.522. The van der Waals surface area contributed by atoms with Gasteiger partial charge in [-0.05, 0) is 61.9 Å². The number of piperazine rings is 1. The number of likely N-dealkylation sites (N-methyl/N-ethyl adjacent to an activating group) is 1. The Morgan fingerprint density at radius 3 is 2.22 bits per heavy atom. The van der Waals surface area contributed by atoms with Crippen LogP contribution < -0.4 is 9.62 Å². The Balaban J connectivity index is 1.45. The maximum absolute atomic E-state index is 12.2. The molecule has 3 rings (SSSR count). The van der Waals surface area contributed by atoms with Gasteiger partial charge in [-0.25, -0.2) is 13.1 Å². The van der Waals surface area contributed by atoms with E-state index in [9.17, 15) is 8.42 Å². The van der Waals surface area contributed by atoms with Gasteiger partial charge >= 0.3 is 0 Å². The van der Waals surface area contributed by atoms with Gasteiger partial charge in [0.25, 0.3) is 0 Å². The molecule has 1 saturated heterocycles. The first-order valence-electron chi connectivity index (χ1n) is 9.22. The third kappa shape index (κ3) is 5.69. The van der Waals surface area contributed by atoms with E-state index >= 15 is 0 Å². The number of nitrogens with one attached hydrogen (secondary N) is 1. The number of anilines is 1. The highest BCUT2D eigenvalue weighted by atomic mass is 35.5. The highest BCUT2D eigenvalue weighted by molar-refractivity contribution is 7.89. The third-order valence-corrected chi connectivity index (χ3v) is 6.59. The van der Waals surface area contributed by atoms with E-state index in [4.69, 9.17) is 11.6 Å². The van der Waals surface area contributed by atoms with E-state index in [0.29, 0.717) is 11.6 Å². The minimum absolute atomic E-state index is 0.239. The van der Waals surface area contributed by atoms with Crippen LogP contribution in [-0.2, 0) is 16.4 Å². The van der Waals surface area contributed by atoms with E-state index in [1.54, 1.807) is 12.1 Å². The van der Waals surface area contributed by atoms with E-state index in [-0.39, 0.29) is 4.90 Å². The van der Waals surface area contributed by atoms with Crippen LogP contribution in [0.3, 0.4) is 0 Å². The van der Waals surface area contributed by atoms with Gasteiger partial charge in [-0.1, -0.05) is 23.7 Å². The Morgan fingerprint density at radius 2 is 1.59 bits per heavy atom. The maximum atomic E-state index is 12.2. The Hall–Kier alpha value is -1.60. The van der Waals surface area contributed by atoms with Gasteiger partial charge in [0.2, 0.25) is 10.0 Å². The lowest BCUT2D eigenvalue weighted by atomic mass is 10.1. The van der Waals surface area contributed by atoms with E-state index in [2.05, 4.69) is 45.8 Å². The summed E-state index contributed by atoms with van der Waals surface area (Å²) in [7, 11) is -1.32. The molecular formula is C20H26ClN3O2S. The fourth-order valence-electron chi connectivity index (χ4n) is 3.13. The lowest BCUT2D eigenvalue weighted by molar-refractivity contribution is 0.313. The number of benzene rings is 2. The van der Waals surface area contributed by atoms with Gasteiger partial charge in [0, 0.05) is 43.4 Å². The van der Waals surface area contributed by atoms with Crippen molar-refractivity contribution >= 4 is 27.3 Å². The predicted molar refractivity (Wildman–Crippen MR) is 111 cm³/mol. The Kier molecular flexibility index (Phi) is 6.76. The Morgan fingerprint density at radius 1 is 0.963 bits per heavy atom. The number of hydrogen-bond acceptors (Lipinski definition) is 4. The van der Waals surface area contributed by atoms with Gasteiger partial charge in [-0.2, -0.15) is 0 Å². The molecule has 2 aromatic rings. The molecule has 146 valence electrons. The van der Waals surface area contributed by atoms with E-state index in [1.165, 1.54) is 23.4 Å². The molecule has 0 saturated carbocycles. The van der Waals surface area contributed by atoms with Gasteiger partial charge in [-0.15, -0.1) is 0 Å². The Labute approximate surface area is 167 Å². The molecule has 1 heterocycles. The summed E-state index contributed by atoms with van der Waals surface area (Å²) >= 11 is 5.80. The lowest BCUT2D eigenvalue weighted by Gasteiger charge is -2.34. The van der Waals surface area contributed by atoms with E-state index < -0.39 is 10.0 Å². The molecule has 7 heteroatoms. The summed E-state index contributed by atoms with van der Waals surface area (Å²) in [6, 6.07) is 14.8. The Bertz CT molecular complexity index is 831. The molecule has 0 amide bonds. The summed E-state index contributed by atoms with van der Waals surface area (Å²) in [5.74, 6) is 0. The van der Waals surface area contributed by atoms with Crippen molar-refractivity contribution in [3.8, 4) is 0 Å². The SMILES string of the molecule is CN1CCN(c2ccc(CCCNS(=O)(=O)c3ccc(Cl)cc3)cc2)CC1. The predicted octanol–water partition coefficient (Wildman–Crippen LogP) is 3.00. The first kappa shape index (κ1) is 20.1. The van der Waals surface area contributed by atoms with Crippen molar-refractivity contribution in [2.24, 2.45) is 0 Å². The molecule has 0 unspecified atom stereocenters. The van der Waals surface area contributed by atoms with Crippen molar-refractivity contribution in [2.45, 2.75) is 17.7 Å². The van der Waals surface area contributed by atoms with Gasteiger partial charge in [0.15, 0.2) is 0 Å². The molecule has 1 aliphatic heterocycles. The van der Waals surface area contributed by atoms with Crippen LogP contribution in [0.4, 0.5) is 5.69 Å². The van der Waals surface area contributed by atoms with E-state index in [1.807, 2.05) is 0 Å². The quantitative estimate of drug-likeness (QED) is 0.717. The van der Waals surface area contributed by atoms with Crippen LogP contribution in [0.2, 0.25) is 5.02 Å². The summed E-state index contributed by atoms with van der Waals surface area (Å²) in [6.45, 7) is 4.71. The number of sulfonamides is 1. The first-order chi connectivity index (χ1) is 12.9. The van der Waals surface area contributed by atoms with Crippen LogP contribution in [0.5, 0.6) is 0 Å². The van der Waals surface area contributed by atoms with E-state index in [0.717, 1.165) is 39.0 Å². The number of aryl methyl sites for hydroxylation is 1. The second-order valence-electron chi connectivity index (χ2n) is 6.91. The van der Waals surface area contributed by atoms with Crippen molar-refractivity contribution in [1.29, 1.82) is 0 Å². The molecule has 0 bridgehead atoms. The monoisotopic (exact) mass is 407 g/mol. The normalized spacial score (nSPS) is 15.9. The summed E-state index contributed by atoms with van der Waals surface area (Å²) in [6.07, 6.45) is 1.59. The van der Waals surface area contributed by atoms with Crippen LogP contribution in [0, 0.1) is 0 Å². The molecule has 1 N–H and O–H groups in total. The smallest absolute Gasteiger partial charge is 0.240 e. The minimum atomic E-state index is -3.48. The molecule has 1 aliphatic rings. The van der Waals surface area contributed by atoms with Crippen LogP contribution in [0.1, 0.15) is 12.0 Å². The largest absolute Gasteiger partial charge is 0.369 e. The molecule has 0 spiro atoms. The van der Waals surface area contributed by atoms with Crippen molar-refractivity contribution in [3.63, 3.8) is 0 Å². The number of nitrogens with zero attached hydrogens (tertiary/aromatic N) is 2. The maximum Gasteiger partial charge on any atom is 0.240 e. The van der Waals surface area contributed by atoms with Crippen molar-refractivity contribution < 1.29 is 8.42 Å². The third-order valence-electron chi connectivity index (χ3n) is 4.86. The second kappa shape index (κ2) is 9.06. The molecule has 0 radical (unpaired) electrons. The van der Waals surface area contributed by atoms with Gasteiger partial charge in [-0.3, -0.25) is 0 Å². The fourth-order valence-corrected chi connectivity index (χ4v) is 4.33. The molecule has 0 aliphatic carbocycles. The first-order valence-corrected chi connectivity index (χ1v) is 11.1. The zero-order valence-corrected chi connectivity index (χ0v) is 17.1. The van der Waals surface area contributed by atoms with Crippen LogP contribution in [0.15, 0.2) is 53.4 Å². The molecule has 1 fully saturated rings. The highest BCUT2D eigenvalue weighted by Crippen LogP contribution is 2.18. The lowest BCUT2D eigenvalue weighted by Crippen LogP contribution is -2.44. The highest BCUT2D eigenvalue weighted by Gasteiger charge is 2.14. The standard InChI is InChI=1S/C20H26ClN3O2S/c1-23-13-15-24(16-14-23)19-8-4-17(5-9-19)3-2-12-22-27(25,26)20-10-6-18(21)7-11-20/h4-11,22H,2-3,12-16H2,1H3. The fraction of sp³-hybridized carbons (Fsp3) is 0.400. The number of hydrogen-bond donors (Lipinski definition) is 1. The summed E-state index contributed by atoms with van der Waals surface area (Å²) in [5.41, 5.74) is 2.48. The van der Waals surface area contributed by atoms with Crippen LogP contribution in [0.25, 0.3) is 0 Å². The summed E-state index contributed by atoms with van der Waals surface area (Å²) in [4.78, 5) is 4.99. The molecule has 0 atom stereocenters.